The fourth-order valence-corrected chi connectivity index (χ4v) is 2.11. The van der Waals surface area contributed by atoms with Crippen molar-refractivity contribution in [3.8, 4) is 0 Å². The Morgan fingerprint density at radius 3 is 2.76 bits per heavy atom. The largest absolute Gasteiger partial charge is 0.373 e. The van der Waals surface area contributed by atoms with Crippen molar-refractivity contribution in [1.82, 2.24) is 9.97 Å². The van der Waals surface area contributed by atoms with E-state index in [1.807, 2.05) is 32.2 Å². The summed E-state index contributed by atoms with van der Waals surface area (Å²) in [5, 5.41) is 3.04. The maximum atomic E-state index is 4.44. The van der Waals surface area contributed by atoms with E-state index in [9.17, 15) is 0 Å². The van der Waals surface area contributed by atoms with Crippen LogP contribution in [0.2, 0.25) is 0 Å². The van der Waals surface area contributed by atoms with Crippen LogP contribution in [-0.2, 0) is 6.42 Å². The molecule has 0 aliphatic rings. The van der Waals surface area contributed by atoms with Crippen LogP contribution in [0.4, 0.5) is 5.82 Å². The van der Waals surface area contributed by atoms with Crippen LogP contribution in [0.5, 0.6) is 0 Å². The van der Waals surface area contributed by atoms with Gasteiger partial charge in [-0.2, -0.15) is 0 Å². The molecule has 1 aromatic carbocycles. The van der Waals surface area contributed by atoms with E-state index in [0.717, 1.165) is 28.2 Å². The SMILES string of the molecule is CNc1cc(C)nc(Cc2cccc(Br)c2)n1. The Labute approximate surface area is 109 Å². The van der Waals surface area contributed by atoms with Crippen LogP contribution < -0.4 is 5.32 Å². The standard InChI is InChI=1S/C13H14BrN3/c1-9-6-12(15-2)17-13(16-9)8-10-4-3-5-11(14)7-10/h3-7H,8H2,1-2H3,(H,15,16,17). The predicted molar refractivity (Wildman–Crippen MR) is 73.3 cm³/mol. The number of aryl methyl sites for hydroxylation is 1. The van der Waals surface area contributed by atoms with Crippen LogP contribution in [-0.4, -0.2) is 17.0 Å². The second-order valence-electron chi connectivity index (χ2n) is 3.87. The van der Waals surface area contributed by atoms with Crippen LogP contribution in [0.25, 0.3) is 0 Å². The van der Waals surface area contributed by atoms with Crippen molar-refractivity contribution < 1.29 is 0 Å². The van der Waals surface area contributed by atoms with E-state index in [-0.39, 0.29) is 0 Å². The van der Waals surface area contributed by atoms with Gasteiger partial charge in [-0.1, -0.05) is 28.1 Å². The molecular formula is C13H14BrN3. The van der Waals surface area contributed by atoms with Crippen molar-refractivity contribution in [2.45, 2.75) is 13.3 Å². The molecule has 4 heteroatoms. The fraction of sp³-hybridized carbons (Fsp3) is 0.231. The highest BCUT2D eigenvalue weighted by Crippen LogP contribution is 2.15. The van der Waals surface area contributed by atoms with E-state index >= 15 is 0 Å². The number of nitrogens with zero attached hydrogens (tertiary/aromatic N) is 2. The molecule has 0 radical (unpaired) electrons. The zero-order chi connectivity index (χ0) is 12.3. The average molecular weight is 292 g/mol. The first kappa shape index (κ1) is 12.0. The van der Waals surface area contributed by atoms with Crippen LogP contribution in [0, 0.1) is 6.92 Å². The van der Waals surface area contributed by atoms with Crippen LogP contribution >= 0.6 is 15.9 Å². The number of hydrogen-bond acceptors (Lipinski definition) is 3. The molecule has 2 rings (SSSR count). The van der Waals surface area contributed by atoms with Crippen LogP contribution in [0.15, 0.2) is 34.8 Å². The molecule has 0 atom stereocenters. The van der Waals surface area contributed by atoms with Crippen LogP contribution in [0.1, 0.15) is 17.1 Å². The van der Waals surface area contributed by atoms with Gasteiger partial charge in [0, 0.05) is 29.7 Å². The van der Waals surface area contributed by atoms with Crippen molar-refractivity contribution in [2.24, 2.45) is 0 Å². The first-order valence-corrected chi connectivity index (χ1v) is 6.23. The topological polar surface area (TPSA) is 37.8 Å². The summed E-state index contributed by atoms with van der Waals surface area (Å²) >= 11 is 3.46. The molecule has 0 aliphatic heterocycles. The first-order chi connectivity index (χ1) is 8.17. The third-order valence-corrected chi connectivity index (χ3v) is 2.90. The lowest BCUT2D eigenvalue weighted by Gasteiger charge is -2.05. The number of anilines is 1. The van der Waals surface area contributed by atoms with E-state index in [0.29, 0.717) is 0 Å². The van der Waals surface area contributed by atoms with E-state index < -0.39 is 0 Å². The summed E-state index contributed by atoms with van der Waals surface area (Å²) in [6.07, 6.45) is 0.746. The van der Waals surface area contributed by atoms with Gasteiger partial charge in [-0.15, -0.1) is 0 Å². The van der Waals surface area contributed by atoms with Gasteiger partial charge < -0.3 is 5.32 Å². The third-order valence-electron chi connectivity index (χ3n) is 2.41. The van der Waals surface area contributed by atoms with Gasteiger partial charge in [0.05, 0.1) is 0 Å². The molecule has 88 valence electrons. The van der Waals surface area contributed by atoms with Crippen molar-refractivity contribution >= 4 is 21.7 Å². The Balaban J connectivity index is 2.26. The van der Waals surface area contributed by atoms with Crippen molar-refractivity contribution in [3.05, 3.63) is 51.9 Å². The normalized spacial score (nSPS) is 10.3. The summed E-state index contributed by atoms with van der Waals surface area (Å²) < 4.78 is 1.08. The number of hydrogen-bond donors (Lipinski definition) is 1. The highest BCUT2D eigenvalue weighted by atomic mass is 79.9. The lowest BCUT2D eigenvalue weighted by molar-refractivity contribution is 0.944. The second-order valence-corrected chi connectivity index (χ2v) is 4.78. The fourth-order valence-electron chi connectivity index (χ4n) is 1.67. The zero-order valence-electron chi connectivity index (χ0n) is 9.87. The monoisotopic (exact) mass is 291 g/mol. The molecule has 0 unspecified atom stereocenters. The van der Waals surface area contributed by atoms with Gasteiger partial charge >= 0.3 is 0 Å². The molecule has 17 heavy (non-hydrogen) atoms. The number of nitrogens with one attached hydrogen (secondary N) is 1. The Hall–Kier alpha value is -1.42. The van der Waals surface area contributed by atoms with Gasteiger partial charge in [0.2, 0.25) is 0 Å². The third kappa shape index (κ3) is 3.27. The maximum Gasteiger partial charge on any atom is 0.135 e. The van der Waals surface area contributed by atoms with E-state index in [1.54, 1.807) is 0 Å². The Morgan fingerprint density at radius 1 is 1.24 bits per heavy atom. The Morgan fingerprint density at radius 2 is 2.06 bits per heavy atom. The molecule has 0 amide bonds. The molecule has 0 saturated heterocycles. The van der Waals surface area contributed by atoms with E-state index in [4.69, 9.17) is 0 Å². The smallest absolute Gasteiger partial charge is 0.135 e. The molecule has 0 aliphatic carbocycles. The Bertz CT molecular complexity index is 526. The van der Waals surface area contributed by atoms with Gasteiger partial charge in [-0.25, -0.2) is 9.97 Å². The van der Waals surface area contributed by atoms with Crippen molar-refractivity contribution in [1.29, 1.82) is 0 Å². The molecule has 0 bridgehead atoms. The summed E-state index contributed by atoms with van der Waals surface area (Å²) in [6, 6.07) is 10.1. The molecule has 1 aromatic heterocycles. The molecule has 0 saturated carbocycles. The minimum atomic E-state index is 0.746. The summed E-state index contributed by atoms with van der Waals surface area (Å²) in [5.41, 5.74) is 2.18. The highest BCUT2D eigenvalue weighted by Gasteiger charge is 2.03. The number of rotatable bonds is 3. The summed E-state index contributed by atoms with van der Waals surface area (Å²) in [6.45, 7) is 1.98. The molecule has 2 aromatic rings. The summed E-state index contributed by atoms with van der Waals surface area (Å²) in [5.74, 6) is 1.70. The number of aromatic nitrogens is 2. The molecule has 1 heterocycles. The van der Waals surface area contributed by atoms with Crippen molar-refractivity contribution in [3.63, 3.8) is 0 Å². The minimum Gasteiger partial charge on any atom is -0.373 e. The van der Waals surface area contributed by atoms with Gasteiger partial charge in [-0.05, 0) is 24.6 Å². The molecule has 0 fully saturated rings. The lowest BCUT2D eigenvalue weighted by atomic mass is 10.1. The van der Waals surface area contributed by atoms with Crippen LogP contribution in [0.3, 0.4) is 0 Å². The summed E-state index contributed by atoms with van der Waals surface area (Å²) in [7, 11) is 1.87. The van der Waals surface area contributed by atoms with Gasteiger partial charge in [0.1, 0.15) is 11.6 Å². The highest BCUT2D eigenvalue weighted by molar-refractivity contribution is 9.10. The second kappa shape index (κ2) is 5.27. The van der Waals surface area contributed by atoms with Crippen molar-refractivity contribution in [2.75, 3.05) is 12.4 Å². The lowest BCUT2D eigenvalue weighted by Crippen LogP contribution is -2.02. The van der Waals surface area contributed by atoms with E-state index in [2.05, 4.69) is 43.3 Å². The maximum absolute atomic E-state index is 4.44. The first-order valence-electron chi connectivity index (χ1n) is 5.44. The number of benzene rings is 1. The molecule has 0 spiro atoms. The quantitative estimate of drug-likeness (QED) is 0.944. The molecule has 3 nitrogen and oxygen atoms in total. The number of halogens is 1. The minimum absolute atomic E-state index is 0.746. The molecular weight excluding hydrogens is 278 g/mol. The average Bonchev–Trinajstić information content (AvgIpc) is 2.28. The zero-order valence-corrected chi connectivity index (χ0v) is 11.5. The summed E-state index contributed by atoms with van der Waals surface area (Å²) in [4.78, 5) is 8.88. The molecule has 1 N–H and O–H groups in total. The van der Waals surface area contributed by atoms with Gasteiger partial charge in [0.15, 0.2) is 0 Å². The van der Waals surface area contributed by atoms with E-state index in [1.165, 1.54) is 5.56 Å². The van der Waals surface area contributed by atoms with Gasteiger partial charge in [-0.3, -0.25) is 0 Å². The Kier molecular flexibility index (Phi) is 3.74. The predicted octanol–water partition coefficient (Wildman–Crippen LogP) is 3.18. The van der Waals surface area contributed by atoms with Gasteiger partial charge in [0.25, 0.3) is 0 Å².